The Morgan fingerprint density at radius 2 is 2.06 bits per heavy atom. The molecule has 2 aromatic rings. The SMILES string of the molecule is O=C(/C=C/c1cccc(Cl)c1)O[C@@H]1C(O)C=C2CCN3Cc4cc5c(cc4C1C23)OCO5. The van der Waals surface area contributed by atoms with E-state index >= 15 is 0 Å². The minimum atomic E-state index is -0.869. The van der Waals surface area contributed by atoms with Crippen molar-refractivity contribution in [2.45, 2.75) is 37.1 Å². The molecule has 0 radical (unpaired) electrons. The molecule has 7 heteroatoms. The summed E-state index contributed by atoms with van der Waals surface area (Å²) in [5.41, 5.74) is 4.20. The van der Waals surface area contributed by atoms with Gasteiger partial charge in [-0.15, -0.1) is 0 Å². The minimum Gasteiger partial charge on any atom is -0.455 e. The lowest BCUT2D eigenvalue weighted by molar-refractivity contribution is -0.150. The van der Waals surface area contributed by atoms with E-state index < -0.39 is 18.2 Å². The van der Waals surface area contributed by atoms with Gasteiger partial charge in [-0.3, -0.25) is 4.90 Å². The lowest BCUT2D eigenvalue weighted by Crippen LogP contribution is -2.51. The van der Waals surface area contributed by atoms with Crippen LogP contribution in [0.4, 0.5) is 0 Å². The van der Waals surface area contributed by atoms with Crippen molar-refractivity contribution in [3.63, 3.8) is 0 Å². The van der Waals surface area contributed by atoms with Crippen LogP contribution in [0.3, 0.4) is 0 Å². The fraction of sp³-hybridized carbons (Fsp3) is 0.320. The number of carbonyl (C=O) groups is 1. The van der Waals surface area contributed by atoms with E-state index in [1.165, 1.54) is 11.6 Å². The second-order valence-electron chi connectivity index (χ2n) is 8.62. The van der Waals surface area contributed by atoms with Gasteiger partial charge in [0.05, 0.1) is 0 Å². The van der Waals surface area contributed by atoms with E-state index in [-0.39, 0.29) is 18.8 Å². The summed E-state index contributed by atoms with van der Waals surface area (Å²) in [4.78, 5) is 15.1. The first-order chi connectivity index (χ1) is 15.6. The van der Waals surface area contributed by atoms with Gasteiger partial charge < -0.3 is 19.3 Å². The number of esters is 1. The second-order valence-corrected chi connectivity index (χ2v) is 9.05. The molecule has 2 aromatic carbocycles. The number of benzene rings is 2. The summed E-state index contributed by atoms with van der Waals surface area (Å²) in [5, 5.41) is 11.5. The molecule has 164 valence electrons. The average Bonchev–Trinajstić information content (AvgIpc) is 3.40. The quantitative estimate of drug-likeness (QED) is 0.436. The van der Waals surface area contributed by atoms with Gasteiger partial charge in [0.1, 0.15) is 12.2 Å². The van der Waals surface area contributed by atoms with Crippen LogP contribution in [0.25, 0.3) is 6.08 Å². The summed E-state index contributed by atoms with van der Waals surface area (Å²) in [5.74, 6) is 0.774. The third-order valence-corrected chi connectivity index (χ3v) is 6.99. The van der Waals surface area contributed by atoms with Crippen molar-refractivity contribution < 1.29 is 24.1 Å². The van der Waals surface area contributed by atoms with Gasteiger partial charge in [-0.2, -0.15) is 0 Å². The molecule has 3 unspecified atom stereocenters. The molecule has 1 saturated heterocycles. The summed E-state index contributed by atoms with van der Waals surface area (Å²) in [7, 11) is 0. The first kappa shape index (κ1) is 19.9. The fourth-order valence-electron chi connectivity index (χ4n) is 5.42. The zero-order valence-electron chi connectivity index (χ0n) is 17.2. The lowest BCUT2D eigenvalue weighted by atomic mass is 9.73. The molecule has 6 rings (SSSR count). The molecule has 0 aromatic heterocycles. The van der Waals surface area contributed by atoms with Gasteiger partial charge in [-0.05, 0) is 53.5 Å². The van der Waals surface area contributed by atoms with Crippen LogP contribution in [0.1, 0.15) is 29.0 Å². The Morgan fingerprint density at radius 1 is 1.22 bits per heavy atom. The number of nitrogens with zero attached hydrogens (tertiary/aromatic N) is 1. The summed E-state index contributed by atoms with van der Waals surface area (Å²) in [6, 6.07) is 11.4. The van der Waals surface area contributed by atoms with Crippen LogP contribution in [-0.4, -0.2) is 47.6 Å². The lowest BCUT2D eigenvalue weighted by Gasteiger charge is -2.45. The number of hydrogen-bond donors (Lipinski definition) is 1. The Labute approximate surface area is 190 Å². The van der Waals surface area contributed by atoms with Crippen LogP contribution in [-0.2, 0) is 16.1 Å². The molecule has 32 heavy (non-hydrogen) atoms. The third kappa shape index (κ3) is 3.30. The van der Waals surface area contributed by atoms with E-state index in [2.05, 4.69) is 4.90 Å². The maximum Gasteiger partial charge on any atom is 0.331 e. The Morgan fingerprint density at radius 3 is 2.91 bits per heavy atom. The molecule has 1 N–H and O–H groups in total. The van der Waals surface area contributed by atoms with Crippen LogP contribution in [0, 0.1) is 0 Å². The first-order valence-corrected chi connectivity index (χ1v) is 11.1. The third-order valence-electron chi connectivity index (χ3n) is 6.76. The molecule has 3 heterocycles. The van der Waals surface area contributed by atoms with E-state index in [0.717, 1.165) is 42.0 Å². The molecule has 0 spiro atoms. The zero-order valence-corrected chi connectivity index (χ0v) is 18.0. The monoisotopic (exact) mass is 451 g/mol. The highest BCUT2D eigenvalue weighted by atomic mass is 35.5. The number of halogens is 1. The highest BCUT2D eigenvalue weighted by Gasteiger charge is 2.50. The predicted octanol–water partition coefficient (Wildman–Crippen LogP) is 3.67. The van der Waals surface area contributed by atoms with E-state index in [1.54, 1.807) is 18.2 Å². The number of carbonyl (C=O) groups excluding carboxylic acids is 1. The van der Waals surface area contributed by atoms with Gasteiger partial charge in [-0.25, -0.2) is 4.79 Å². The standard InChI is InChI=1S/C25H22ClNO5/c26-17-3-1-2-14(8-17)4-5-22(29)32-25-19(28)9-15-6-7-27-12-16-10-20-21(31-13-30-20)11-18(16)23(25)24(15)27/h1-5,8-11,19,23-25,28H,6-7,12-13H2/b5-4+/t19?,23?,24?,25-/m1/s1. The van der Waals surface area contributed by atoms with E-state index in [9.17, 15) is 9.90 Å². The van der Waals surface area contributed by atoms with Crippen LogP contribution in [0.2, 0.25) is 5.02 Å². The molecule has 0 bridgehead atoms. The maximum atomic E-state index is 12.7. The molecule has 0 amide bonds. The Kier molecular flexibility index (Phi) is 4.75. The smallest absolute Gasteiger partial charge is 0.331 e. The first-order valence-electron chi connectivity index (χ1n) is 10.8. The normalized spacial score (nSPS) is 27.8. The second kappa shape index (κ2) is 7.66. The Bertz CT molecular complexity index is 1160. The molecule has 3 aliphatic heterocycles. The van der Waals surface area contributed by atoms with Gasteiger partial charge in [-0.1, -0.05) is 35.4 Å². The van der Waals surface area contributed by atoms with Gasteiger partial charge >= 0.3 is 5.97 Å². The van der Waals surface area contributed by atoms with Crippen molar-refractivity contribution in [2.75, 3.05) is 13.3 Å². The van der Waals surface area contributed by atoms with E-state index in [1.807, 2.05) is 30.3 Å². The zero-order chi connectivity index (χ0) is 21.8. The highest BCUT2D eigenvalue weighted by Crippen LogP contribution is 2.50. The number of aliphatic hydroxyl groups is 1. The van der Waals surface area contributed by atoms with Crippen molar-refractivity contribution >= 4 is 23.6 Å². The van der Waals surface area contributed by atoms with Gasteiger partial charge in [0.2, 0.25) is 6.79 Å². The van der Waals surface area contributed by atoms with E-state index in [0.29, 0.717) is 10.8 Å². The average molecular weight is 452 g/mol. The van der Waals surface area contributed by atoms with Gasteiger partial charge in [0.25, 0.3) is 0 Å². The summed E-state index contributed by atoms with van der Waals surface area (Å²) in [6.07, 6.45) is 4.27. The molecule has 6 nitrogen and oxygen atoms in total. The van der Waals surface area contributed by atoms with Crippen LogP contribution < -0.4 is 9.47 Å². The number of rotatable bonds is 3. The van der Waals surface area contributed by atoms with Crippen LogP contribution in [0.5, 0.6) is 11.5 Å². The molecular formula is C25H22ClNO5. The number of hydrogen-bond acceptors (Lipinski definition) is 6. The van der Waals surface area contributed by atoms with Crippen LogP contribution >= 0.6 is 11.6 Å². The van der Waals surface area contributed by atoms with Crippen molar-refractivity contribution in [1.82, 2.24) is 4.90 Å². The summed E-state index contributed by atoms with van der Waals surface area (Å²) >= 11 is 6.02. The Balaban J connectivity index is 1.33. The molecule has 4 atom stereocenters. The molecule has 1 fully saturated rings. The highest BCUT2D eigenvalue weighted by molar-refractivity contribution is 6.30. The van der Waals surface area contributed by atoms with Gasteiger partial charge in [0, 0.05) is 36.1 Å². The Hall–Kier alpha value is -2.80. The van der Waals surface area contributed by atoms with Crippen molar-refractivity contribution in [2.24, 2.45) is 0 Å². The maximum absolute atomic E-state index is 12.7. The number of ether oxygens (including phenoxy) is 3. The van der Waals surface area contributed by atoms with Crippen molar-refractivity contribution in [1.29, 1.82) is 0 Å². The number of fused-ring (bicyclic) bond motifs is 3. The molecule has 1 aliphatic carbocycles. The van der Waals surface area contributed by atoms with Crippen LogP contribution in [0.15, 0.2) is 54.1 Å². The summed E-state index contributed by atoms with van der Waals surface area (Å²) < 4.78 is 17.1. The van der Waals surface area contributed by atoms with Crippen molar-refractivity contribution in [3.8, 4) is 11.5 Å². The predicted molar refractivity (Wildman–Crippen MR) is 119 cm³/mol. The van der Waals surface area contributed by atoms with Gasteiger partial charge in [0.15, 0.2) is 11.5 Å². The largest absolute Gasteiger partial charge is 0.455 e. The topological polar surface area (TPSA) is 68.2 Å². The van der Waals surface area contributed by atoms with Crippen molar-refractivity contribution in [3.05, 3.63) is 75.8 Å². The van der Waals surface area contributed by atoms with E-state index in [4.69, 9.17) is 25.8 Å². The minimum absolute atomic E-state index is 0.112. The molecule has 0 saturated carbocycles. The fourth-order valence-corrected chi connectivity index (χ4v) is 5.62. The number of aliphatic hydroxyl groups excluding tert-OH is 1. The molecule has 4 aliphatic rings. The summed E-state index contributed by atoms with van der Waals surface area (Å²) in [6.45, 7) is 1.93. The molecular weight excluding hydrogens is 430 g/mol.